The third-order valence-corrected chi connectivity index (χ3v) is 4.62. The molecule has 0 radical (unpaired) electrons. The average Bonchev–Trinajstić information content (AvgIpc) is 3.02. The van der Waals surface area contributed by atoms with Gasteiger partial charge in [-0.15, -0.1) is 0 Å². The molecule has 2 atom stereocenters. The molecule has 7 nitrogen and oxygen atoms in total. The topological polar surface area (TPSA) is 74.4 Å². The van der Waals surface area contributed by atoms with E-state index in [1.54, 1.807) is 6.20 Å². The Hall–Kier alpha value is -2.25. The molecule has 0 aromatic carbocycles. The quantitative estimate of drug-likeness (QED) is 0.856. The van der Waals surface area contributed by atoms with E-state index in [0.29, 0.717) is 25.2 Å². The summed E-state index contributed by atoms with van der Waals surface area (Å²) in [6, 6.07) is 5.75. The van der Waals surface area contributed by atoms with E-state index >= 15 is 0 Å². The molecule has 140 valence electrons. The van der Waals surface area contributed by atoms with Crippen molar-refractivity contribution in [2.75, 3.05) is 27.2 Å². The van der Waals surface area contributed by atoms with Gasteiger partial charge in [-0.2, -0.15) is 5.10 Å². The fraction of sp³-hybridized carbons (Fsp3) is 0.526. The van der Waals surface area contributed by atoms with Gasteiger partial charge < -0.3 is 14.5 Å². The molecule has 0 saturated carbocycles. The number of pyridine rings is 1. The van der Waals surface area contributed by atoms with E-state index in [2.05, 4.69) is 20.1 Å². The fourth-order valence-electron chi connectivity index (χ4n) is 3.26. The monoisotopic (exact) mass is 357 g/mol. The molecule has 0 spiro atoms. The Kier molecular flexibility index (Phi) is 5.68. The minimum Gasteiger partial charge on any atom is -0.369 e. The minimum atomic E-state index is -0.0752. The van der Waals surface area contributed by atoms with Gasteiger partial charge in [-0.25, -0.2) is 0 Å². The zero-order valence-electron chi connectivity index (χ0n) is 15.9. The maximum atomic E-state index is 13.3. The zero-order chi connectivity index (χ0) is 18.7. The van der Waals surface area contributed by atoms with Gasteiger partial charge in [0.2, 0.25) is 0 Å². The number of rotatable bonds is 6. The van der Waals surface area contributed by atoms with Gasteiger partial charge in [-0.3, -0.25) is 14.9 Å². The van der Waals surface area contributed by atoms with Crippen LogP contribution in [0.1, 0.15) is 47.4 Å². The summed E-state index contributed by atoms with van der Waals surface area (Å²) in [5.74, 6) is -0.0590. The van der Waals surface area contributed by atoms with E-state index in [-0.39, 0.29) is 18.1 Å². The Balaban J connectivity index is 1.85. The Morgan fingerprint density at radius 1 is 1.31 bits per heavy atom. The number of hydrogen-bond donors (Lipinski definition) is 1. The first-order chi connectivity index (χ1) is 12.5. The van der Waals surface area contributed by atoms with Crippen LogP contribution >= 0.6 is 0 Å². The van der Waals surface area contributed by atoms with Crippen molar-refractivity contribution >= 4 is 5.91 Å². The van der Waals surface area contributed by atoms with Crippen LogP contribution in [0.3, 0.4) is 0 Å². The molecule has 1 amide bonds. The lowest BCUT2D eigenvalue weighted by atomic mass is 9.99. The standard InChI is InChI=1S/C19H27N5O2/c1-13-11-16-17(14(2)26-13)21-22-18(16)19(25)24(10-9-23(3)4)12-15-7-5-6-8-20-15/h5-8,13-14H,9-12H2,1-4H3,(H,21,22)/t13-,14+/m1/s1. The maximum absolute atomic E-state index is 13.3. The Bertz CT molecular complexity index is 744. The first kappa shape index (κ1) is 18.5. The van der Waals surface area contributed by atoms with Gasteiger partial charge in [-0.1, -0.05) is 6.07 Å². The molecule has 1 aliphatic heterocycles. The highest BCUT2D eigenvalue weighted by Gasteiger charge is 2.31. The van der Waals surface area contributed by atoms with E-state index in [4.69, 9.17) is 4.74 Å². The second-order valence-electron chi connectivity index (χ2n) is 7.11. The van der Waals surface area contributed by atoms with Crippen LogP contribution in [0.25, 0.3) is 0 Å². The Morgan fingerprint density at radius 2 is 2.12 bits per heavy atom. The van der Waals surface area contributed by atoms with Crippen LogP contribution in [-0.2, 0) is 17.7 Å². The van der Waals surface area contributed by atoms with Crippen LogP contribution in [0.5, 0.6) is 0 Å². The van der Waals surface area contributed by atoms with Gasteiger partial charge in [0.05, 0.1) is 30.1 Å². The molecule has 2 aromatic rings. The van der Waals surface area contributed by atoms with Crippen molar-refractivity contribution in [1.82, 2.24) is 25.0 Å². The second kappa shape index (κ2) is 7.97. The number of hydrogen-bond acceptors (Lipinski definition) is 5. The van der Waals surface area contributed by atoms with Crippen LogP contribution in [0.15, 0.2) is 24.4 Å². The predicted octanol–water partition coefficient (Wildman–Crippen LogP) is 2.03. The van der Waals surface area contributed by atoms with Crippen LogP contribution in [0.4, 0.5) is 0 Å². The smallest absolute Gasteiger partial charge is 0.275 e. The summed E-state index contributed by atoms with van der Waals surface area (Å²) in [6.07, 6.45) is 2.45. The second-order valence-corrected chi connectivity index (χ2v) is 7.11. The van der Waals surface area contributed by atoms with Crippen LogP contribution in [0, 0.1) is 0 Å². The molecule has 3 rings (SSSR count). The normalized spacial score (nSPS) is 19.4. The molecular formula is C19H27N5O2. The largest absolute Gasteiger partial charge is 0.369 e. The fourth-order valence-corrected chi connectivity index (χ4v) is 3.26. The number of amides is 1. The molecular weight excluding hydrogens is 330 g/mol. The molecule has 1 N–H and O–H groups in total. The van der Waals surface area contributed by atoms with E-state index in [1.165, 1.54) is 0 Å². The van der Waals surface area contributed by atoms with E-state index in [9.17, 15) is 4.79 Å². The Morgan fingerprint density at radius 3 is 2.81 bits per heavy atom. The van der Waals surface area contributed by atoms with Gasteiger partial charge in [0.25, 0.3) is 5.91 Å². The SMILES string of the molecule is C[C@@H]1Cc2c(C(=O)N(CCN(C)C)Cc3ccccn3)n[nH]c2[C@H](C)O1. The number of nitrogens with zero attached hydrogens (tertiary/aromatic N) is 4. The number of aromatic nitrogens is 3. The molecule has 2 aromatic heterocycles. The molecule has 7 heteroatoms. The van der Waals surface area contributed by atoms with Crippen molar-refractivity contribution < 1.29 is 9.53 Å². The van der Waals surface area contributed by atoms with Gasteiger partial charge in [-0.05, 0) is 40.1 Å². The zero-order valence-corrected chi connectivity index (χ0v) is 15.9. The van der Waals surface area contributed by atoms with E-state index in [0.717, 1.165) is 23.5 Å². The third kappa shape index (κ3) is 4.11. The van der Waals surface area contributed by atoms with Crippen molar-refractivity contribution in [3.63, 3.8) is 0 Å². The van der Waals surface area contributed by atoms with E-state index in [1.807, 2.05) is 51.0 Å². The summed E-state index contributed by atoms with van der Waals surface area (Å²) in [5, 5.41) is 7.35. The number of carbonyl (C=O) groups is 1. The number of fused-ring (bicyclic) bond motifs is 1. The molecule has 26 heavy (non-hydrogen) atoms. The van der Waals surface area contributed by atoms with Gasteiger partial charge >= 0.3 is 0 Å². The summed E-state index contributed by atoms with van der Waals surface area (Å²) in [4.78, 5) is 21.5. The highest BCUT2D eigenvalue weighted by atomic mass is 16.5. The predicted molar refractivity (Wildman–Crippen MR) is 98.8 cm³/mol. The number of carbonyl (C=O) groups excluding carboxylic acids is 1. The number of aromatic amines is 1. The molecule has 3 heterocycles. The molecule has 0 fully saturated rings. The number of likely N-dealkylation sites (N-methyl/N-ethyl adjacent to an activating group) is 1. The van der Waals surface area contributed by atoms with Crippen LogP contribution in [0.2, 0.25) is 0 Å². The highest BCUT2D eigenvalue weighted by molar-refractivity contribution is 5.94. The molecule has 0 aliphatic carbocycles. The molecule has 0 bridgehead atoms. The highest BCUT2D eigenvalue weighted by Crippen LogP contribution is 2.30. The van der Waals surface area contributed by atoms with Crippen LogP contribution < -0.4 is 0 Å². The minimum absolute atomic E-state index is 0.0590. The van der Waals surface area contributed by atoms with Crippen molar-refractivity contribution in [2.24, 2.45) is 0 Å². The van der Waals surface area contributed by atoms with Gasteiger partial charge in [0.15, 0.2) is 5.69 Å². The molecule has 1 aliphatic rings. The third-order valence-electron chi connectivity index (χ3n) is 4.62. The summed E-state index contributed by atoms with van der Waals surface area (Å²) in [7, 11) is 4.00. The number of H-pyrrole nitrogens is 1. The first-order valence-electron chi connectivity index (χ1n) is 9.02. The van der Waals surface area contributed by atoms with E-state index < -0.39 is 0 Å². The summed E-state index contributed by atoms with van der Waals surface area (Å²) in [6.45, 7) is 5.88. The van der Waals surface area contributed by atoms with Crippen molar-refractivity contribution in [3.05, 3.63) is 47.0 Å². The van der Waals surface area contributed by atoms with Gasteiger partial charge in [0, 0.05) is 31.3 Å². The molecule has 0 saturated heterocycles. The summed E-state index contributed by atoms with van der Waals surface area (Å²) >= 11 is 0. The van der Waals surface area contributed by atoms with Crippen LogP contribution in [-0.4, -0.2) is 64.2 Å². The summed E-state index contributed by atoms with van der Waals surface area (Å²) < 4.78 is 5.83. The van der Waals surface area contributed by atoms with Crippen molar-refractivity contribution in [3.8, 4) is 0 Å². The lowest BCUT2D eigenvalue weighted by molar-refractivity contribution is -0.00702. The lowest BCUT2D eigenvalue weighted by Gasteiger charge is -2.27. The number of nitrogens with one attached hydrogen (secondary N) is 1. The lowest BCUT2D eigenvalue weighted by Crippen LogP contribution is -2.37. The van der Waals surface area contributed by atoms with Crippen molar-refractivity contribution in [2.45, 2.75) is 39.0 Å². The van der Waals surface area contributed by atoms with Gasteiger partial charge in [0.1, 0.15) is 0 Å². The first-order valence-corrected chi connectivity index (χ1v) is 9.02. The van der Waals surface area contributed by atoms with Crippen molar-refractivity contribution in [1.29, 1.82) is 0 Å². The maximum Gasteiger partial charge on any atom is 0.275 e. The number of ether oxygens (including phenoxy) is 1. The molecule has 0 unspecified atom stereocenters. The average molecular weight is 357 g/mol. The summed E-state index contributed by atoms with van der Waals surface area (Å²) in [5.41, 5.74) is 3.28. The Labute approximate surface area is 154 Å².